The third-order valence-corrected chi connectivity index (χ3v) is 6.64. The number of carbonyl (C=O) groups excluding carboxylic acids is 1. The van der Waals surface area contributed by atoms with Gasteiger partial charge in [-0.15, -0.1) is 10.2 Å². The number of rotatable bonds is 8. The lowest BCUT2D eigenvalue weighted by atomic mass is 10.1. The van der Waals surface area contributed by atoms with Crippen LogP contribution in [0.2, 0.25) is 0 Å². The van der Waals surface area contributed by atoms with Gasteiger partial charge in [0.2, 0.25) is 11.9 Å². The number of amides is 1. The minimum absolute atomic E-state index is 0.0742. The van der Waals surface area contributed by atoms with Gasteiger partial charge in [-0.1, -0.05) is 41.6 Å². The summed E-state index contributed by atoms with van der Waals surface area (Å²) in [5.41, 5.74) is 2.34. The molecule has 2 saturated heterocycles. The molecule has 1 unspecified atom stereocenters. The zero-order valence-corrected chi connectivity index (χ0v) is 19.1. The molecular weight excluding hydrogens is 414 g/mol. The first-order valence-electron chi connectivity index (χ1n) is 10.9. The number of aryl methyl sites for hydroxylation is 1. The van der Waals surface area contributed by atoms with Crippen LogP contribution in [-0.4, -0.2) is 77.4 Å². The third-order valence-electron chi connectivity index (χ3n) is 5.69. The Kier molecular flexibility index (Phi) is 7.47. The predicted octanol–water partition coefficient (Wildman–Crippen LogP) is 2.35. The Morgan fingerprint density at radius 1 is 1.19 bits per heavy atom. The second-order valence-corrected chi connectivity index (χ2v) is 9.09. The van der Waals surface area contributed by atoms with Gasteiger partial charge in [-0.3, -0.25) is 9.36 Å². The van der Waals surface area contributed by atoms with Gasteiger partial charge in [0.05, 0.1) is 31.6 Å². The lowest BCUT2D eigenvalue weighted by Gasteiger charge is -2.28. The van der Waals surface area contributed by atoms with Crippen LogP contribution in [0.5, 0.6) is 0 Å². The summed E-state index contributed by atoms with van der Waals surface area (Å²) in [6.07, 6.45) is 2.31. The topological polar surface area (TPSA) is 72.7 Å². The van der Waals surface area contributed by atoms with Crippen molar-refractivity contribution in [3.05, 3.63) is 35.4 Å². The summed E-state index contributed by atoms with van der Waals surface area (Å²) in [7, 11) is 1.85. The van der Waals surface area contributed by atoms with Crippen molar-refractivity contribution in [1.29, 1.82) is 0 Å². The zero-order valence-electron chi connectivity index (χ0n) is 18.3. The molecular formula is C22H31N5O3S. The molecule has 2 aromatic rings. The van der Waals surface area contributed by atoms with Crippen molar-refractivity contribution in [3.8, 4) is 0 Å². The van der Waals surface area contributed by atoms with Crippen LogP contribution in [-0.2, 0) is 27.4 Å². The number of benzene rings is 1. The van der Waals surface area contributed by atoms with Crippen LogP contribution < -0.4 is 4.90 Å². The van der Waals surface area contributed by atoms with E-state index in [0.717, 1.165) is 55.8 Å². The molecule has 3 heterocycles. The smallest absolute Gasteiger partial charge is 0.233 e. The van der Waals surface area contributed by atoms with Crippen molar-refractivity contribution in [2.45, 2.75) is 44.1 Å². The molecule has 0 N–H and O–H groups in total. The number of morpholine rings is 1. The number of hydrogen-bond acceptors (Lipinski definition) is 7. The predicted molar refractivity (Wildman–Crippen MR) is 120 cm³/mol. The van der Waals surface area contributed by atoms with E-state index in [1.54, 1.807) is 4.90 Å². The number of hydrogen-bond donors (Lipinski definition) is 0. The van der Waals surface area contributed by atoms with Crippen LogP contribution in [0.1, 0.15) is 24.0 Å². The zero-order chi connectivity index (χ0) is 21.6. The van der Waals surface area contributed by atoms with Gasteiger partial charge in [0.15, 0.2) is 5.16 Å². The van der Waals surface area contributed by atoms with Crippen LogP contribution in [0.25, 0.3) is 0 Å². The van der Waals surface area contributed by atoms with Gasteiger partial charge >= 0.3 is 0 Å². The van der Waals surface area contributed by atoms with E-state index in [0.29, 0.717) is 25.5 Å². The molecule has 4 rings (SSSR count). The highest BCUT2D eigenvalue weighted by Crippen LogP contribution is 2.26. The Balaban J connectivity index is 1.41. The maximum Gasteiger partial charge on any atom is 0.233 e. The van der Waals surface area contributed by atoms with Crippen LogP contribution >= 0.6 is 11.8 Å². The van der Waals surface area contributed by atoms with Crippen LogP contribution in [0, 0.1) is 6.92 Å². The Morgan fingerprint density at radius 3 is 2.68 bits per heavy atom. The summed E-state index contributed by atoms with van der Waals surface area (Å²) in [5, 5.41) is 9.66. The van der Waals surface area contributed by atoms with E-state index in [4.69, 9.17) is 9.47 Å². The number of thioether (sulfide) groups is 1. The number of aromatic nitrogens is 3. The fourth-order valence-electron chi connectivity index (χ4n) is 3.83. The molecule has 2 aliphatic heterocycles. The Hall–Kier alpha value is -2.10. The first-order chi connectivity index (χ1) is 15.1. The summed E-state index contributed by atoms with van der Waals surface area (Å²) >= 11 is 1.45. The summed E-state index contributed by atoms with van der Waals surface area (Å²) in [6, 6.07) is 8.28. The van der Waals surface area contributed by atoms with E-state index in [2.05, 4.69) is 50.9 Å². The normalized spacial score (nSPS) is 19.0. The average molecular weight is 446 g/mol. The molecule has 168 valence electrons. The molecule has 1 atom stereocenters. The monoisotopic (exact) mass is 445 g/mol. The van der Waals surface area contributed by atoms with Crippen LogP contribution in [0.4, 0.5) is 5.95 Å². The van der Waals surface area contributed by atoms with Crippen molar-refractivity contribution in [3.63, 3.8) is 0 Å². The number of carbonyl (C=O) groups is 1. The molecule has 0 saturated carbocycles. The van der Waals surface area contributed by atoms with Gasteiger partial charge in [0, 0.05) is 33.3 Å². The van der Waals surface area contributed by atoms with Gasteiger partial charge in [-0.25, -0.2) is 0 Å². The molecule has 2 fully saturated rings. The largest absolute Gasteiger partial charge is 0.378 e. The van der Waals surface area contributed by atoms with Crippen LogP contribution in [0.3, 0.4) is 0 Å². The number of ether oxygens (including phenoxy) is 2. The van der Waals surface area contributed by atoms with E-state index < -0.39 is 0 Å². The molecule has 31 heavy (non-hydrogen) atoms. The van der Waals surface area contributed by atoms with Gasteiger partial charge in [0.1, 0.15) is 0 Å². The van der Waals surface area contributed by atoms with Crippen molar-refractivity contribution in [1.82, 2.24) is 19.7 Å². The molecule has 8 nitrogen and oxygen atoms in total. The fraction of sp³-hybridized carbons (Fsp3) is 0.591. The van der Waals surface area contributed by atoms with Crippen molar-refractivity contribution in [2.24, 2.45) is 0 Å². The van der Waals surface area contributed by atoms with Gasteiger partial charge in [-0.2, -0.15) is 0 Å². The quantitative estimate of drug-likeness (QED) is 0.578. The van der Waals surface area contributed by atoms with E-state index in [1.807, 2.05) is 7.05 Å². The van der Waals surface area contributed by atoms with Crippen molar-refractivity contribution >= 4 is 23.6 Å². The van der Waals surface area contributed by atoms with Crippen molar-refractivity contribution < 1.29 is 14.3 Å². The number of nitrogens with zero attached hydrogens (tertiary/aromatic N) is 5. The van der Waals surface area contributed by atoms with E-state index in [9.17, 15) is 4.79 Å². The Bertz CT molecular complexity index is 861. The van der Waals surface area contributed by atoms with Crippen molar-refractivity contribution in [2.75, 3.05) is 50.6 Å². The highest BCUT2D eigenvalue weighted by atomic mass is 32.2. The molecule has 1 amide bonds. The molecule has 1 aromatic carbocycles. The SMILES string of the molecule is Cc1ccc(CN(C)C(=O)CSc2nnc(N3CCOCC3)n2CC2CCCO2)cc1. The second-order valence-electron chi connectivity index (χ2n) is 8.15. The highest BCUT2D eigenvalue weighted by molar-refractivity contribution is 7.99. The first kappa shape index (κ1) is 22.1. The van der Waals surface area contributed by atoms with E-state index in [-0.39, 0.29) is 12.0 Å². The maximum atomic E-state index is 12.7. The van der Waals surface area contributed by atoms with Gasteiger partial charge in [0.25, 0.3) is 0 Å². The first-order valence-corrected chi connectivity index (χ1v) is 11.9. The minimum atomic E-state index is 0.0742. The van der Waals surface area contributed by atoms with Gasteiger partial charge < -0.3 is 19.3 Å². The van der Waals surface area contributed by atoms with E-state index >= 15 is 0 Å². The van der Waals surface area contributed by atoms with Gasteiger partial charge in [-0.05, 0) is 25.3 Å². The lowest BCUT2D eigenvalue weighted by molar-refractivity contribution is -0.127. The second kappa shape index (κ2) is 10.5. The van der Waals surface area contributed by atoms with E-state index in [1.165, 1.54) is 17.3 Å². The summed E-state index contributed by atoms with van der Waals surface area (Å²) in [6.45, 7) is 7.17. The molecule has 0 aliphatic carbocycles. The third kappa shape index (κ3) is 5.78. The Morgan fingerprint density at radius 2 is 1.97 bits per heavy atom. The average Bonchev–Trinajstić information content (AvgIpc) is 3.44. The highest BCUT2D eigenvalue weighted by Gasteiger charge is 2.25. The molecule has 9 heteroatoms. The summed E-state index contributed by atoms with van der Waals surface area (Å²) in [4.78, 5) is 16.7. The molecule has 2 aliphatic rings. The molecule has 0 bridgehead atoms. The molecule has 0 radical (unpaired) electrons. The fourth-order valence-corrected chi connectivity index (χ4v) is 4.71. The summed E-state index contributed by atoms with van der Waals surface area (Å²) < 4.78 is 13.5. The molecule has 1 aromatic heterocycles. The molecule has 0 spiro atoms. The van der Waals surface area contributed by atoms with Crippen LogP contribution in [0.15, 0.2) is 29.4 Å². The Labute approximate surface area is 187 Å². The summed E-state index contributed by atoms with van der Waals surface area (Å²) in [5.74, 6) is 1.25. The standard InChI is InChI=1S/C22H31N5O3S/c1-17-5-7-18(8-6-17)14-25(2)20(28)16-31-22-24-23-21(26-9-12-29-13-10-26)27(22)15-19-4-3-11-30-19/h5-8,19H,3-4,9-16H2,1-2H3. The maximum absolute atomic E-state index is 12.7. The lowest BCUT2D eigenvalue weighted by Crippen LogP contribution is -2.38. The minimum Gasteiger partial charge on any atom is -0.378 e. The number of anilines is 1.